The SMILES string of the molecule is NC(=O)CC[C@H](NCCc1cccc(Cl)c1)C(=O)OC(=O)c1ccc(-c2ccccc2)cc1. The maximum atomic E-state index is 12.6. The molecule has 3 N–H and O–H groups in total. The molecule has 0 heterocycles. The van der Waals surface area contributed by atoms with Gasteiger partial charge in [0.15, 0.2) is 0 Å². The fourth-order valence-corrected chi connectivity index (χ4v) is 3.54. The highest BCUT2D eigenvalue weighted by atomic mass is 35.5. The van der Waals surface area contributed by atoms with Gasteiger partial charge in [0.2, 0.25) is 5.91 Å². The number of primary amides is 1. The number of carbonyl (C=O) groups is 3. The summed E-state index contributed by atoms with van der Waals surface area (Å²) in [7, 11) is 0. The molecule has 0 fully saturated rings. The van der Waals surface area contributed by atoms with Crippen LogP contribution >= 0.6 is 11.6 Å². The molecule has 0 aliphatic heterocycles. The molecule has 6 nitrogen and oxygen atoms in total. The predicted molar refractivity (Wildman–Crippen MR) is 128 cm³/mol. The van der Waals surface area contributed by atoms with Gasteiger partial charge in [-0.3, -0.25) is 4.79 Å². The van der Waals surface area contributed by atoms with Crippen molar-refractivity contribution in [3.05, 3.63) is 95.0 Å². The maximum absolute atomic E-state index is 12.6. The van der Waals surface area contributed by atoms with Crippen molar-refractivity contribution in [1.82, 2.24) is 5.32 Å². The minimum Gasteiger partial charge on any atom is -0.388 e. The number of hydrogen-bond donors (Lipinski definition) is 2. The van der Waals surface area contributed by atoms with Crippen molar-refractivity contribution in [2.45, 2.75) is 25.3 Å². The molecular weight excluding hydrogens is 440 g/mol. The number of hydrogen-bond acceptors (Lipinski definition) is 5. The van der Waals surface area contributed by atoms with E-state index < -0.39 is 23.9 Å². The number of ether oxygens (including phenoxy) is 1. The maximum Gasteiger partial charge on any atom is 0.345 e. The molecule has 0 saturated carbocycles. The second-order valence-electron chi connectivity index (χ2n) is 7.54. The van der Waals surface area contributed by atoms with Crippen molar-refractivity contribution in [3.8, 4) is 11.1 Å². The lowest BCUT2D eigenvalue weighted by Crippen LogP contribution is -2.40. The summed E-state index contributed by atoms with van der Waals surface area (Å²) in [5, 5.41) is 3.68. The molecule has 170 valence electrons. The molecule has 0 bridgehead atoms. The molecule has 0 aromatic heterocycles. The van der Waals surface area contributed by atoms with Crippen LogP contribution in [-0.2, 0) is 20.7 Å². The summed E-state index contributed by atoms with van der Waals surface area (Å²) < 4.78 is 5.08. The first-order chi connectivity index (χ1) is 15.9. The molecule has 0 saturated heterocycles. The van der Waals surface area contributed by atoms with E-state index >= 15 is 0 Å². The van der Waals surface area contributed by atoms with Gasteiger partial charge in [0.05, 0.1) is 5.56 Å². The smallest absolute Gasteiger partial charge is 0.345 e. The Morgan fingerprint density at radius 3 is 2.27 bits per heavy atom. The van der Waals surface area contributed by atoms with Crippen LogP contribution in [0.2, 0.25) is 5.02 Å². The van der Waals surface area contributed by atoms with E-state index in [4.69, 9.17) is 22.1 Å². The Labute approximate surface area is 197 Å². The topological polar surface area (TPSA) is 98.5 Å². The van der Waals surface area contributed by atoms with Gasteiger partial charge in [0, 0.05) is 11.4 Å². The Balaban J connectivity index is 1.60. The number of amides is 1. The first kappa shape index (κ1) is 24.2. The van der Waals surface area contributed by atoms with E-state index in [0.717, 1.165) is 16.7 Å². The van der Waals surface area contributed by atoms with Crippen LogP contribution in [0, 0.1) is 0 Å². The number of esters is 2. The minimum absolute atomic E-state index is 0.0100. The van der Waals surface area contributed by atoms with E-state index in [9.17, 15) is 14.4 Å². The van der Waals surface area contributed by atoms with E-state index in [-0.39, 0.29) is 18.4 Å². The van der Waals surface area contributed by atoms with Gasteiger partial charge in [-0.25, -0.2) is 9.59 Å². The number of nitrogens with one attached hydrogen (secondary N) is 1. The van der Waals surface area contributed by atoms with Crippen molar-refractivity contribution in [2.24, 2.45) is 5.73 Å². The van der Waals surface area contributed by atoms with Crippen molar-refractivity contribution >= 4 is 29.4 Å². The van der Waals surface area contributed by atoms with Crippen LogP contribution in [-0.4, -0.2) is 30.4 Å². The third-order valence-electron chi connectivity index (χ3n) is 5.08. The Bertz CT molecular complexity index is 1100. The normalized spacial score (nSPS) is 11.5. The fraction of sp³-hybridized carbons (Fsp3) is 0.192. The highest BCUT2D eigenvalue weighted by Crippen LogP contribution is 2.19. The summed E-state index contributed by atoms with van der Waals surface area (Å²) in [6, 6.07) is 23.1. The Morgan fingerprint density at radius 2 is 1.61 bits per heavy atom. The average molecular weight is 465 g/mol. The lowest BCUT2D eigenvalue weighted by atomic mass is 10.0. The molecular formula is C26H25ClN2O4. The largest absolute Gasteiger partial charge is 0.388 e. The van der Waals surface area contributed by atoms with Gasteiger partial charge < -0.3 is 15.8 Å². The molecule has 3 aromatic rings. The second kappa shape index (κ2) is 11.9. The summed E-state index contributed by atoms with van der Waals surface area (Å²) in [6.45, 7) is 0.429. The summed E-state index contributed by atoms with van der Waals surface area (Å²) in [6.07, 6.45) is 0.726. The van der Waals surface area contributed by atoms with E-state index in [1.165, 1.54) is 0 Å². The first-order valence-electron chi connectivity index (χ1n) is 10.6. The molecule has 7 heteroatoms. The molecule has 3 aromatic carbocycles. The Hall–Kier alpha value is -3.48. The Kier molecular flexibility index (Phi) is 8.75. The van der Waals surface area contributed by atoms with E-state index in [2.05, 4.69) is 5.32 Å². The number of rotatable bonds is 10. The number of carbonyl (C=O) groups excluding carboxylic acids is 3. The third kappa shape index (κ3) is 7.56. The van der Waals surface area contributed by atoms with Crippen LogP contribution in [0.5, 0.6) is 0 Å². The zero-order valence-corrected chi connectivity index (χ0v) is 18.8. The predicted octanol–water partition coefficient (Wildman–Crippen LogP) is 4.16. The lowest BCUT2D eigenvalue weighted by Gasteiger charge is -2.16. The van der Waals surface area contributed by atoms with Crippen molar-refractivity contribution in [2.75, 3.05) is 6.54 Å². The summed E-state index contributed by atoms with van der Waals surface area (Å²) in [4.78, 5) is 36.4. The summed E-state index contributed by atoms with van der Waals surface area (Å²) >= 11 is 6.00. The lowest BCUT2D eigenvalue weighted by molar-refractivity contribution is -0.140. The molecule has 0 unspecified atom stereocenters. The van der Waals surface area contributed by atoms with Crippen molar-refractivity contribution < 1.29 is 19.1 Å². The first-order valence-corrected chi connectivity index (χ1v) is 11.0. The van der Waals surface area contributed by atoms with Crippen molar-refractivity contribution in [3.63, 3.8) is 0 Å². The van der Waals surface area contributed by atoms with E-state index in [1.54, 1.807) is 30.3 Å². The number of benzene rings is 3. The van der Waals surface area contributed by atoms with Crippen LogP contribution < -0.4 is 11.1 Å². The highest BCUT2D eigenvalue weighted by molar-refractivity contribution is 6.30. The van der Waals surface area contributed by atoms with Crippen LogP contribution in [0.1, 0.15) is 28.8 Å². The zero-order valence-electron chi connectivity index (χ0n) is 18.0. The van der Waals surface area contributed by atoms with Crippen LogP contribution in [0.4, 0.5) is 0 Å². The van der Waals surface area contributed by atoms with Crippen LogP contribution in [0.25, 0.3) is 11.1 Å². The van der Waals surface area contributed by atoms with Crippen LogP contribution in [0.15, 0.2) is 78.9 Å². The van der Waals surface area contributed by atoms with Gasteiger partial charge in [-0.05, 0) is 60.3 Å². The van der Waals surface area contributed by atoms with Crippen LogP contribution in [0.3, 0.4) is 0 Å². The molecule has 0 spiro atoms. The van der Waals surface area contributed by atoms with Gasteiger partial charge in [-0.1, -0.05) is 66.2 Å². The molecule has 0 aliphatic carbocycles. The third-order valence-corrected chi connectivity index (χ3v) is 5.31. The second-order valence-corrected chi connectivity index (χ2v) is 7.98. The van der Waals surface area contributed by atoms with Gasteiger partial charge in [0.25, 0.3) is 0 Å². The molecule has 1 atom stereocenters. The monoisotopic (exact) mass is 464 g/mol. The quantitative estimate of drug-likeness (QED) is 0.347. The van der Waals surface area contributed by atoms with Gasteiger partial charge in [-0.15, -0.1) is 0 Å². The highest BCUT2D eigenvalue weighted by Gasteiger charge is 2.23. The molecule has 1 amide bonds. The summed E-state index contributed by atoms with van der Waals surface area (Å²) in [5.41, 5.74) is 8.45. The molecule has 0 radical (unpaired) electrons. The standard InChI is InChI=1S/C26H25ClN2O4/c27-22-8-4-5-18(17-22)15-16-29-23(13-14-24(28)30)26(32)33-25(31)21-11-9-20(10-12-21)19-6-2-1-3-7-19/h1-12,17,23,29H,13-16H2,(H2,28,30)/t23-/m0/s1. The van der Waals surface area contributed by atoms with E-state index in [0.29, 0.717) is 18.0 Å². The van der Waals surface area contributed by atoms with Crippen molar-refractivity contribution in [1.29, 1.82) is 0 Å². The summed E-state index contributed by atoms with van der Waals surface area (Å²) in [5.74, 6) is -2.04. The minimum atomic E-state index is -0.843. The Morgan fingerprint density at radius 1 is 0.909 bits per heavy atom. The zero-order chi connectivity index (χ0) is 23.6. The molecule has 3 rings (SSSR count). The fourth-order valence-electron chi connectivity index (χ4n) is 3.32. The van der Waals surface area contributed by atoms with Gasteiger partial charge >= 0.3 is 11.9 Å². The average Bonchev–Trinajstić information content (AvgIpc) is 2.81. The van der Waals surface area contributed by atoms with E-state index in [1.807, 2.05) is 48.5 Å². The molecule has 33 heavy (non-hydrogen) atoms. The molecule has 0 aliphatic rings. The van der Waals surface area contributed by atoms with Gasteiger partial charge in [-0.2, -0.15) is 0 Å². The number of halogens is 1. The van der Waals surface area contributed by atoms with Gasteiger partial charge in [0.1, 0.15) is 6.04 Å². The number of nitrogens with two attached hydrogens (primary N) is 1.